The first-order valence-corrected chi connectivity index (χ1v) is 7.61. The maximum absolute atomic E-state index is 12.8. The molecule has 1 atom stereocenters. The first-order valence-electron chi connectivity index (χ1n) is 7.61. The molecule has 1 aromatic carbocycles. The second kappa shape index (κ2) is 7.68. The second-order valence-corrected chi connectivity index (χ2v) is 5.58. The third-order valence-corrected chi connectivity index (χ3v) is 4.00. The Hall–Kier alpha value is -1.76. The molecule has 128 valence electrons. The third kappa shape index (κ3) is 4.86. The molecular weight excluding hydrogens is 309 g/mol. The quantitative estimate of drug-likeness (QED) is 0.871. The fraction of sp³-hybridized carbons (Fsp3) is 0.562. The number of methoxy groups -OCH3 is 1. The molecule has 1 amide bonds. The summed E-state index contributed by atoms with van der Waals surface area (Å²) < 4.78 is 43.7. The Balaban J connectivity index is 1.79. The first-order chi connectivity index (χ1) is 10.9. The third-order valence-electron chi connectivity index (χ3n) is 4.00. The van der Waals surface area contributed by atoms with Crippen LogP contribution >= 0.6 is 0 Å². The molecule has 0 aromatic heterocycles. The number of carbonyl (C=O) groups excluding carboxylic acids is 1. The minimum Gasteiger partial charge on any atom is -0.496 e. The average Bonchev–Trinajstić information content (AvgIpc) is 2.96. The molecule has 0 unspecified atom stereocenters. The van der Waals surface area contributed by atoms with E-state index >= 15 is 0 Å². The molecule has 1 heterocycles. The van der Waals surface area contributed by atoms with Crippen LogP contribution in [-0.4, -0.2) is 49.8 Å². The van der Waals surface area contributed by atoms with Gasteiger partial charge in [-0.15, -0.1) is 0 Å². The van der Waals surface area contributed by atoms with E-state index in [1.54, 1.807) is 7.11 Å². The number of rotatable bonds is 6. The monoisotopic (exact) mass is 330 g/mol. The van der Waals surface area contributed by atoms with Gasteiger partial charge < -0.3 is 10.1 Å². The summed E-state index contributed by atoms with van der Waals surface area (Å²) in [5.74, 6) is 0.356. The number of likely N-dealkylation sites (tertiary alicyclic amines) is 1. The lowest BCUT2D eigenvalue weighted by Gasteiger charge is -2.25. The summed E-state index contributed by atoms with van der Waals surface area (Å²) in [6.45, 7) is 0.462. The van der Waals surface area contributed by atoms with Crippen LogP contribution in [0, 0.1) is 0 Å². The van der Waals surface area contributed by atoms with E-state index in [1.807, 2.05) is 24.3 Å². The Morgan fingerprint density at radius 3 is 2.83 bits per heavy atom. The second-order valence-electron chi connectivity index (χ2n) is 5.58. The summed E-state index contributed by atoms with van der Waals surface area (Å²) >= 11 is 0. The summed E-state index contributed by atoms with van der Waals surface area (Å²) in [6.07, 6.45) is -3.16. The molecule has 0 radical (unpaired) electrons. The number of amides is 1. The maximum atomic E-state index is 12.8. The average molecular weight is 330 g/mol. The van der Waals surface area contributed by atoms with Gasteiger partial charge in [0.2, 0.25) is 5.91 Å². The number of carbonyl (C=O) groups is 1. The molecule has 1 aliphatic rings. The van der Waals surface area contributed by atoms with E-state index < -0.39 is 12.2 Å². The van der Waals surface area contributed by atoms with Crippen molar-refractivity contribution in [2.75, 3.05) is 26.7 Å². The van der Waals surface area contributed by atoms with Gasteiger partial charge in [0.25, 0.3) is 0 Å². The van der Waals surface area contributed by atoms with Crippen molar-refractivity contribution < 1.29 is 22.7 Å². The molecule has 1 N–H and O–H groups in total. The molecule has 1 aliphatic heterocycles. The zero-order valence-electron chi connectivity index (χ0n) is 13.0. The van der Waals surface area contributed by atoms with Gasteiger partial charge in [-0.05, 0) is 37.4 Å². The van der Waals surface area contributed by atoms with Crippen molar-refractivity contribution in [2.45, 2.75) is 31.5 Å². The number of halogens is 3. The summed E-state index contributed by atoms with van der Waals surface area (Å²) in [6, 6.07) is 5.95. The molecule has 23 heavy (non-hydrogen) atoms. The number of hydrogen-bond acceptors (Lipinski definition) is 3. The largest absolute Gasteiger partial charge is 0.496 e. The maximum Gasteiger partial charge on any atom is 0.404 e. The van der Waals surface area contributed by atoms with E-state index in [9.17, 15) is 18.0 Å². The van der Waals surface area contributed by atoms with Crippen LogP contribution in [0.3, 0.4) is 0 Å². The fourth-order valence-electron chi connectivity index (χ4n) is 2.87. The standard InChI is InChI=1S/C16H21F3N2O2/c1-23-13-6-3-2-5-12(13)8-9-20-15(22)11-21-10-4-7-14(21)16(17,18)19/h2-3,5-6,14H,4,7-11H2,1H3,(H,20,22)/t14-/m0/s1. The van der Waals surface area contributed by atoms with Crippen LogP contribution in [0.25, 0.3) is 0 Å². The Bertz CT molecular complexity index is 534. The molecular formula is C16H21F3N2O2. The molecule has 1 aromatic rings. The fourth-order valence-corrected chi connectivity index (χ4v) is 2.87. The summed E-state index contributed by atoms with van der Waals surface area (Å²) in [5.41, 5.74) is 0.949. The number of para-hydroxylation sites is 1. The van der Waals surface area contributed by atoms with Gasteiger partial charge in [-0.1, -0.05) is 18.2 Å². The van der Waals surface area contributed by atoms with Crippen LogP contribution in [0.1, 0.15) is 18.4 Å². The van der Waals surface area contributed by atoms with E-state index in [2.05, 4.69) is 5.32 Å². The van der Waals surface area contributed by atoms with E-state index in [0.29, 0.717) is 25.9 Å². The van der Waals surface area contributed by atoms with Gasteiger partial charge in [-0.25, -0.2) is 0 Å². The Labute approximate surface area is 133 Å². The summed E-state index contributed by atoms with van der Waals surface area (Å²) in [4.78, 5) is 13.1. The number of ether oxygens (including phenoxy) is 1. The molecule has 0 aliphatic carbocycles. The predicted octanol–water partition coefficient (Wildman–Crippen LogP) is 2.38. The van der Waals surface area contributed by atoms with Crippen LogP contribution in [0.5, 0.6) is 5.75 Å². The van der Waals surface area contributed by atoms with Gasteiger partial charge in [-0.3, -0.25) is 9.69 Å². The molecule has 0 spiro atoms. The molecule has 7 heteroatoms. The first kappa shape index (κ1) is 17.6. The topological polar surface area (TPSA) is 41.6 Å². The number of hydrogen-bond donors (Lipinski definition) is 1. The van der Waals surface area contributed by atoms with Gasteiger partial charge in [0.05, 0.1) is 13.7 Å². The lowest BCUT2D eigenvalue weighted by atomic mass is 10.1. The van der Waals surface area contributed by atoms with Gasteiger partial charge in [0.1, 0.15) is 11.8 Å². The van der Waals surface area contributed by atoms with Crippen molar-refractivity contribution >= 4 is 5.91 Å². The Kier molecular flexibility index (Phi) is 5.87. The molecule has 2 rings (SSSR count). The molecule has 0 bridgehead atoms. The lowest BCUT2D eigenvalue weighted by molar-refractivity contribution is -0.176. The van der Waals surface area contributed by atoms with Crippen LogP contribution in [0.4, 0.5) is 13.2 Å². The van der Waals surface area contributed by atoms with Crippen molar-refractivity contribution in [3.8, 4) is 5.75 Å². The Morgan fingerprint density at radius 1 is 1.39 bits per heavy atom. The number of nitrogens with one attached hydrogen (secondary N) is 1. The van der Waals surface area contributed by atoms with Crippen LogP contribution in [0.15, 0.2) is 24.3 Å². The molecule has 1 fully saturated rings. The molecule has 1 saturated heterocycles. The van der Waals surface area contributed by atoms with Crippen LogP contribution < -0.4 is 10.1 Å². The van der Waals surface area contributed by atoms with Crippen molar-refractivity contribution in [1.29, 1.82) is 0 Å². The smallest absolute Gasteiger partial charge is 0.404 e. The highest BCUT2D eigenvalue weighted by Crippen LogP contribution is 2.32. The highest BCUT2D eigenvalue weighted by atomic mass is 19.4. The summed E-state index contributed by atoms with van der Waals surface area (Å²) in [5, 5.41) is 2.68. The zero-order valence-corrected chi connectivity index (χ0v) is 13.0. The predicted molar refractivity (Wildman–Crippen MR) is 80.4 cm³/mol. The molecule has 4 nitrogen and oxygen atoms in total. The van der Waals surface area contributed by atoms with Crippen LogP contribution in [0.2, 0.25) is 0 Å². The van der Waals surface area contributed by atoms with E-state index in [0.717, 1.165) is 11.3 Å². The van der Waals surface area contributed by atoms with Gasteiger partial charge in [0, 0.05) is 6.54 Å². The van der Waals surface area contributed by atoms with Crippen molar-refractivity contribution in [3.05, 3.63) is 29.8 Å². The van der Waals surface area contributed by atoms with Gasteiger partial charge in [0.15, 0.2) is 0 Å². The van der Waals surface area contributed by atoms with E-state index in [-0.39, 0.29) is 18.9 Å². The minimum atomic E-state index is -4.27. The van der Waals surface area contributed by atoms with Crippen molar-refractivity contribution in [2.24, 2.45) is 0 Å². The van der Waals surface area contributed by atoms with Gasteiger partial charge in [-0.2, -0.15) is 13.2 Å². The minimum absolute atomic E-state index is 0.0675. The van der Waals surface area contributed by atoms with Gasteiger partial charge >= 0.3 is 6.18 Å². The van der Waals surface area contributed by atoms with Crippen LogP contribution in [-0.2, 0) is 11.2 Å². The van der Waals surface area contributed by atoms with E-state index in [4.69, 9.17) is 4.74 Å². The summed E-state index contributed by atoms with van der Waals surface area (Å²) in [7, 11) is 1.57. The lowest BCUT2D eigenvalue weighted by Crippen LogP contribution is -2.46. The van der Waals surface area contributed by atoms with E-state index in [1.165, 1.54) is 4.90 Å². The highest BCUT2D eigenvalue weighted by molar-refractivity contribution is 5.78. The number of nitrogens with zero attached hydrogens (tertiary/aromatic N) is 1. The normalized spacial score (nSPS) is 18.9. The SMILES string of the molecule is COc1ccccc1CCNC(=O)CN1CCC[C@H]1C(F)(F)F. The zero-order chi connectivity index (χ0) is 16.9. The number of alkyl halides is 3. The van der Waals surface area contributed by atoms with Crippen molar-refractivity contribution in [1.82, 2.24) is 10.2 Å². The highest BCUT2D eigenvalue weighted by Gasteiger charge is 2.46. The molecule has 0 saturated carbocycles. The van der Waals surface area contributed by atoms with Crippen molar-refractivity contribution in [3.63, 3.8) is 0 Å². The Morgan fingerprint density at radius 2 is 2.13 bits per heavy atom. The number of benzene rings is 1.